The van der Waals surface area contributed by atoms with Crippen molar-refractivity contribution in [1.29, 1.82) is 0 Å². The molecule has 2 heterocycles. The fourth-order valence-electron chi connectivity index (χ4n) is 3.60. The average molecular weight is 340 g/mol. The van der Waals surface area contributed by atoms with Gasteiger partial charge >= 0.3 is 0 Å². The molecule has 7 nitrogen and oxygen atoms in total. The second kappa shape index (κ2) is 6.98. The molecule has 2 aliphatic rings. The number of rotatable bonds is 5. The summed E-state index contributed by atoms with van der Waals surface area (Å²) in [5.74, 6) is -0.0718. The zero-order valence-corrected chi connectivity index (χ0v) is 14.1. The summed E-state index contributed by atoms with van der Waals surface area (Å²) in [4.78, 5) is 18.1. The summed E-state index contributed by atoms with van der Waals surface area (Å²) in [6, 6.07) is 0.140. The molecule has 0 N–H and O–H groups in total. The number of carbonyl (C=O) groups excluding carboxylic acids is 1. The van der Waals surface area contributed by atoms with E-state index in [2.05, 4.69) is 10.1 Å². The van der Waals surface area contributed by atoms with Gasteiger partial charge in [-0.1, -0.05) is 12.8 Å². The number of piperidine rings is 1. The summed E-state index contributed by atoms with van der Waals surface area (Å²) in [7, 11) is -3.13. The minimum atomic E-state index is -3.13. The van der Waals surface area contributed by atoms with Crippen molar-refractivity contribution in [3.8, 4) is 0 Å². The Morgan fingerprint density at radius 1 is 1.17 bits per heavy atom. The van der Waals surface area contributed by atoms with Gasteiger partial charge < -0.3 is 4.90 Å². The van der Waals surface area contributed by atoms with Gasteiger partial charge in [0.25, 0.3) is 0 Å². The molecule has 128 valence electrons. The number of aromatic nitrogens is 3. The van der Waals surface area contributed by atoms with Crippen LogP contribution in [0.5, 0.6) is 0 Å². The topological polar surface area (TPSA) is 85.2 Å². The highest BCUT2D eigenvalue weighted by Crippen LogP contribution is 2.26. The second-order valence-corrected chi connectivity index (χ2v) is 8.94. The number of carbonyl (C=O) groups is 1. The third-order valence-corrected chi connectivity index (χ3v) is 7.23. The molecular formula is C15H24N4O3S. The van der Waals surface area contributed by atoms with Crippen LogP contribution in [0.4, 0.5) is 0 Å². The predicted molar refractivity (Wildman–Crippen MR) is 85.5 cm³/mol. The van der Waals surface area contributed by atoms with Gasteiger partial charge in [0, 0.05) is 19.5 Å². The van der Waals surface area contributed by atoms with Crippen LogP contribution in [-0.4, -0.2) is 58.1 Å². The van der Waals surface area contributed by atoms with Crippen molar-refractivity contribution in [3.63, 3.8) is 0 Å². The molecule has 1 unspecified atom stereocenters. The Morgan fingerprint density at radius 3 is 2.65 bits per heavy atom. The van der Waals surface area contributed by atoms with Crippen LogP contribution in [0, 0.1) is 0 Å². The van der Waals surface area contributed by atoms with Gasteiger partial charge in [0.05, 0.1) is 17.0 Å². The molecule has 23 heavy (non-hydrogen) atoms. The van der Waals surface area contributed by atoms with Crippen molar-refractivity contribution in [1.82, 2.24) is 19.7 Å². The zero-order chi connectivity index (χ0) is 16.3. The molecule has 1 aliphatic heterocycles. The van der Waals surface area contributed by atoms with Crippen LogP contribution in [0.3, 0.4) is 0 Å². The maximum atomic E-state index is 12.4. The number of nitrogens with zero attached hydrogens (tertiary/aromatic N) is 4. The third kappa shape index (κ3) is 3.91. The van der Waals surface area contributed by atoms with Crippen LogP contribution in [-0.2, 0) is 14.6 Å². The quantitative estimate of drug-likeness (QED) is 0.804. The Morgan fingerprint density at radius 2 is 1.96 bits per heavy atom. The van der Waals surface area contributed by atoms with Gasteiger partial charge in [-0.25, -0.2) is 18.1 Å². The molecule has 0 spiro atoms. The smallest absolute Gasteiger partial charge is 0.223 e. The fourth-order valence-corrected chi connectivity index (χ4v) is 5.45. The highest BCUT2D eigenvalue weighted by molar-refractivity contribution is 7.92. The highest BCUT2D eigenvalue weighted by atomic mass is 32.2. The molecular weight excluding hydrogens is 316 g/mol. The van der Waals surface area contributed by atoms with Gasteiger partial charge in [0.2, 0.25) is 5.91 Å². The molecule has 2 fully saturated rings. The molecule has 0 aromatic carbocycles. The first-order valence-electron chi connectivity index (χ1n) is 8.40. The molecule has 1 aromatic rings. The number of sulfone groups is 1. The minimum absolute atomic E-state index is 0.0129. The summed E-state index contributed by atoms with van der Waals surface area (Å²) in [6.45, 7) is 1.29. The highest BCUT2D eigenvalue weighted by Gasteiger charge is 2.30. The standard InChI is InChI=1S/C15H24N4O3S/c20-15(7-9-23(21,22)14-5-1-2-6-14)18-8-3-4-13(10-18)19-12-16-11-17-19/h11-14H,1-10H2. The van der Waals surface area contributed by atoms with E-state index in [9.17, 15) is 13.2 Å². The van der Waals surface area contributed by atoms with Crippen LogP contribution in [0.1, 0.15) is 51.0 Å². The summed E-state index contributed by atoms with van der Waals surface area (Å²) in [5, 5.41) is 3.92. The van der Waals surface area contributed by atoms with E-state index < -0.39 is 9.84 Å². The Hall–Kier alpha value is -1.44. The van der Waals surface area contributed by atoms with Gasteiger partial charge in [0.1, 0.15) is 12.7 Å². The van der Waals surface area contributed by atoms with E-state index in [4.69, 9.17) is 0 Å². The number of likely N-dealkylation sites (tertiary alicyclic amines) is 1. The first-order chi connectivity index (χ1) is 11.1. The minimum Gasteiger partial charge on any atom is -0.341 e. The largest absolute Gasteiger partial charge is 0.341 e. The van der Waals surface area contributed by atoms with Crippen LogP contribution in [0.25, 0.3) is 0 Å². The van der Waals surface area contributed by atoms with Crippen molar-refractivity contribution < 1.29 is 13.2 Å². The SMILES string of the molecule is O=C(CCS(=O)(=O)C1CCCC1)N1CCCC(n2cncn2)C1. The maximum Gasteiger partial charge on any atom is 0.223 e. The van der Waals surface area contributed by atoms with Gasteiger partial charge in [-0.05, 0) is 25.7 Å². The lowest BCUT2D eigenvalue weighted by Crippen LogP contribution is -2.41. The Bertz CT molecular complexity index is 623. The van der Waals surface area contributed by atoms with Crippen LogP contribution < -0.4 is 0 Å². The summed E-state index contributed by atoms with van der Waals surface area (Å²) in [6.07, 6.45) is 8.64. The monoisotopic (exact) mass is 340 g/mol. The van der Waals surface area contributed by atoms with E-state index in [1.165, 1.54) is 6.33 Å². The number of hydrogen-bond donors (Lipinski definition) is 0. The van der Waals surface area contributed by atoms with Crippen molar-refractivity contribution >= 4 is 15.7 Å². The van der Waals surface area contributed by atoms with E-state index >= 15 is 0 Å². The molecule has 1 aromatic heterocycles. The molecule has 1 amide bonds. The van der Waals surface area contributed by atoms with Crippen molar-refractivity contribution in [3.05, 3.63) is 12.7 Å². The lowest BCUT2D eigenvalue weighted by molar-refractivity contribution is -0.132. The van der Waals surface area contributed by atoms with Gasteiger partial charge in [-0.3, -0.25) is 4.79 Å². The molecule has 0 bridgehead atoms. The molecule has 1 saturated carbocycles. The fraction of sp³-hybridized carbons (Fsp3) is 0.800. The van der Waals surface area contributed by atoms with Gasteiger partial charge in [-0.2, -0.15) is 5.10 Å². The van der Waals surface area contributed by atoms with E-state index in [-0.39, 0.29) is 29.4 Å². The summed E-state index contributed by atoms with van der Waals surface area (Å²) in [5.41, 5.74) is 0. The lowest BCUT2D eigenvalue weighted by atomic mass is 10.1. The number of amides is 1. The lowest BCUT2D eigenvalue weighted by Gasteiger charge is -2.32. The third-order valence-electron chi connectivity index (χ3n) is 4.97. The van der Waals surface area contributed by atoms with E-state index in [1.807, 2.05) is 0 Å². The molecule has 8 heteroatoms. The van der Waals surface area contributed by atoms with Crippen LogP contribution in [0.2, 0.25) is 0 Å². The van der Waals surface area contributed by atoms with E-state index in [0.29, 0.717) is 13.1 Å². The number of hydrogen-bond acceptors (Lipinski definition) is 5. The predicted octanol–water partition coefficient (Wildman–Crippen LogP) is 1.19. The zero-order valence-electron chi connectivity index (χ0n) is 13.3. The Balaban J connectivity index is 1.53. The molecule has 1 aliphatic carbocycles. The van der Waals surface area contributed by atoms with E-state index in [0.717, 1.165) is 38.5 Å². The van der Waals surface area contributed by atoms with Crippen molar-refractivity contribution in [2.24, 2.45) is 0 Å². The van der Waals surface area contributed by atoms with Crippen LogP contribution in [0.15, 0.2) is 12.7 Å². The van der Waals surface area contributed by atoms with E-state index in [1.54, 1.807) is 15.9 Å². The summed E-state index contributed by atoms with van der Waals surface area (Å²) < 4.78 is 26.3. The Kier molecular flexibility index (Phi) is 4.99. The normalized spacial score (nSPS) is 23.3. The molecule has 1 saturated heterocycles. The van der Waals surface area contributed by atoms with Crippen LogP contribution >= 0.6 is 0 Å². The van der Waals surface area contributed by atoms with Gasteiger partial charge in [0.15, 0.2) is 9.84 Å². The first kappa shape index (κ1) is 16.4. The maximum absolute atomic E-state index is 12.4. The second-order valence-electron chi connectivity index (χ2n) is 6.53. The summed E-state index contributed by atoms with van der Waals surface area (Å²) >= 11 is 0. The molecule has 3 rings (SSSR count). The van der Waals surface area contributed by atoms with Gasteiger partial charge in [-0.15, -0.1) is 0 Å². The molecule has 0 radical (unpaired) electrons. The molecule has 1 atom stereocenters. The van der Waals surface area contributed by atoms with Crippen molar-refractivity contribution in [2.45, 2.75) is 56.2 Å². The van der Waals surface area contributed by atoms with Crippen molar-refractivity contribution in [2.75, 3.05) is 18.8 Å². The first-order valence-corrected chi connectivity index (χ1v) is 10.1. The average Bonchev–Trinajstić information content (AvgIpc) is 3.25. The Labute approximate surface area is 137 Å².